The molecule has 0 radical (unpaired) electrons. The molecular formula is C23H22Cl3N5O3S. The van der Waals surface area contributed by atoms with E-state index in [-0.39, 0.29) is 24.5 Å². The first-order valence-corrected chi connectivity index (χ1v) is 13.1. The van der Waals surface area contributed by atoms with Crippen molar-refractivity contribution in [3.8, 4) is 5.75 Å². The van der Waals surface area contributed by atoms with Gasteiger partial charge in [-0.3, -0.25) is 10.2 Å². The second-order valence-electron chi connectivity index (χ2n) is 7.54. The second-order valence-corrected chi connectivity index (χ2v) is 9.71. The third kappa shape index (κ3) is 6.22. The number of halogens is 3. The van der Waals surface area contributed by atoms with Crippen LogP contribution < -0.4 is 10.2 Å². The van der Waals surface area contributed by atoms with Crippen LogP contribution in [0.2, 0.25) is 10.0 Å². The van der Waals surface area contributed by atoms with E-state index in [1.54, 1.807) is 12.1 Å². The summed E-state index contributed by atoms with van der Waals surface area (Å²) in [4.78, 5) is 17.6. The average molecular weight is 555 g/mol. The number of hydrogen-bond donors (Lipinski definition) is 1. The molecule has 1 aliphatic rings. The van der Waals surface area contributed by atoms with Crippen molar-refractivity contribution in [3.05, 3.63) is 69.5 Å². The number of amides is 1. The van der Waals surface area contributed by atoms with Crippen LogP contribution in [-0.2, 0) is 16.2 Å². The summed E-state index contributed by atoms with van der Waals surface area (Å²) >= 11 is 19.5. The van der Waals surface area contributed by atoms with Crippen molar-refractivity contribution in [2.24, 2.45) is 5.16 Å². The molecule has 184 valence electrons. The Labute approximate surface area is 221 Å². The van der Waals surface area contributed by atoms with E-state index in [2.05, 4.69) is 27.7 Å². The number of benzene rings is 2. The Bertz CT molecular complexity index is 1240. The van der Waals surface area contributed by atoms with Gasteiger partial charge in [-0.2, -0.15) is 0 Å². The largest absolute Gasteiger partial charge is 0.485 e. The highest BCUT2D eigenvalue weighted by atomic mass is 35.5. The zero-order chi connectivity index (χ0) is 24.8. The number of alkyl halides is 1. The summed E-state index contributed by atoms with van der Waals surface area (Å²) < 4.78 is 7.61. The highest BCUT2D eigenvalue weighted by Gasteiger charge is 2.27. The minimum absolute atomic E-state index is 0.0693. The highest BCUT2D eigenvalue weighted by molar-refractivity contribution is 7.99. The topological polar surface area (TPSA) is 90.6 Å². The smallest absolute Gasteiger partial charge is 0.253 e. The number of ether oxygens (including phenoxy) is 1. The molecule has 35 heavy (non-hydrogen) atoms. The van der Waals surface area contributed by atoms with Gasteiger partial charge in [-0.25, -0.2) is 4.68 Å². The third-order valence-electron chi connectivity index (χ3n) is 5.03. The van der Waals surface area contributed by atoms with Crippen LogP contribution in [0, 0.1) is 0 Å². The fourth-order valence-corrected chi connectivity index (χ4v) is 4.74. The number of rotatable bonds is 10. The third-order valence-corrected chi connectivity index (χ3v) is 6.97. The van der Waals surface area contributed by atoms with Crippen LogP contribution in [0.15, 0.2) is 52.8 Å². The van der Waals surface area contributed by atoms with Gasteiger partial charge < -0.3 is 9.57 Å². The van der Waals surface area contributed by atoms with Gasteiger partial charge >= 0.3 is 0 Å². The molecule has 0 bridgehead atoms. The zero-order valence-electron chi connectivity index (χ0n) is 18.7. The van der Waals surface area contributed by atoms with Crippen molar-refractivity contribution in [1.82, 2.24) is 14.9 Å². The molecule has 0 saturated carbocycles. The molecule has 1 aromatic heterocycles. The molecule has 1 unspecified atom stereocenters. The van der Waals surface area contributed by atoms with Crippen LogP contribution in [0.25, 0.3) is 0 Å². The zero-order valence-corrected chi connectivity index (χ0v) is 21.8. The fraction of sp³-hybridized carbons (Fsp3) is 0.304. The lowest BCUT2D eigenvalue weighted by atomic mass is 9.99. The van der Waals surface area contributed by atoms with Gasteiger partial charge in [-0.05, 0) is 30.7 Å². The number of thioether (sulfide) groups is 1. The van der Waals surface area contributed by atoms with Crippen LogP contribution in [0.5, 0.6) is 5.75 Å². The van der Waals surface area contributed by atoms with Crippen LogP contribution in [0.4, 0.5) is 0 Å². The van der Waals surface area contributed by atoms with E-state index in [0.29, 0.717) is 33.2 Å². The van der Waals surface area contributed by atoms with E-state index in [1.807, 2.05) is 30.3 Å². The van der Waals surface area contributed by atoms with Gasteiger partial charge in [0.05, 0.1) is 5.71 Å². The number of carbonyl (C=O) groups is 1. The molecule has 1 amide bonds. The van der Waals surface area contributed by atoms with E-state index in [9.17, 15) is 4.79 Å². The molecule has 3 aromatic rings. The maximum atomic E-state index is 11.9. The number of aromatic nitrogens is 3. The van der Waals surface area contributed by atoms with Gasteiger partial charge in [0.1, 0.15) is 18.2 Å². The highest BCUT2D eigenvalue weighted by Crippen LogP contribution is 2.36. The van der Waals surface area contributed by atoms with E-state index in [4.69, 9.17) is 44.4 Å². The van der Waals surface area contributed by atoms with Crippen LogP contribution >= 0.6 is 46.6 Å². The quantitative estimate of drug-likeness (QED) is 0.250. The molecule has 4 rings (SSSR count). The van der Waals surface area contributed by atoms with E-state index >= 15 is 0 Å². The van der Waals surface area contributed by atoms with Gasteiger partial charge in [0.25, 0.3) is 5.91 Å². The Morgan fingerprint density at radius 3 is 2.86 bits per heavy atom. The molecule has 2 aromatic carbocycles. The Balaban J connectivity index is 1.50. The summed E-state index contributed by atoms with van der Waals surface area (Å²) in [7, 11) is 0. The van der Waals surface area contributed by atoms with Crippen LogP contribution in [-0.4, -0.2) is 38.1 Å². The molecule has 2 heterocycles. The molecule has 0 fully saturated rings. The molecule has 1 N–H and O–H groups in total. The summed E-state index contributed by atoms with van der Waals surface area (Å²) in [5.41, 5.74) is 5.04. The number of nitrogens with one attached hydrogen (secondary N) is 1. The maximum Gasteiger partial charge on any atom is 0.253 e. The molecule has 8 nitrogen and oxygen atoms in total. The van der Waals surface area contributed by atoms with E-state index in [0.717, 1.165) is 29.0 Å². The van der Waals surface area contributed by atoms with Crippen LogP contribution in [0.3, 0.4) is 0 Å². The molecule has 1 aliphatic heterocycles. The molecular weight excluding hydrogens is 533 g/mol. The van der Waals surface area contributed by atoms with Crippen molar-refractivity contribution < 1.29 is 14.4 Å². The fourth-order valence-electron chi connectivity index (χ4n) is 3.39. The summed E-state index contributed by atoms with van der Waals surface area (Å²) in [5, 5.41) is 14.3. The van der Waals surface area contributed by atoms with E-state index in [1.165, 1.54) is 16.4 Å². The number of oxime groups is 1. The van der Waals surface area contributed by atoms with Crippen molar-refractivity contribution in [1.29, 1.82) is 0 Å². The molecule has 0 saturated heterocycles. The summed E-state index contributed by atoms with van der Waals surface area (Å²) in [6.45, 7) is 2.13. The predicted octanol–water partition coefficient (Wildman–Crippen LogP) is 5.84. The van der Waals surface area contributed by atoms with Crippen LogP contribution in [0.1, 0.15) is 42.8 Å². The van der Waals surface area contributed by atoms with Gasteiger partial charge in [0.15, 0.2) is 11.9 Å². The molecule has 1 atom stereocenters. The SMILES string of the molecule is CCCSc1nnc(COc2ccccc2C2=NOC(c3ccc(Cl)cc3Cl)C2)n1NC(=O)CCl. The number of para-hydroxylation sites is 1. The first-order chi connectivity index (χ1) is 17.0. The number of hydrogen-bond acceptors (Lipinski definition) is 7. The normalized spacial score (nSPS) is 15.0. The lowest BCUT2D eigenvalue weighted by Crippen LogP contribution is -2.27. The van der Waals surface area contributed by atoms with Crippen molar-refractivity contribution in [2.75, 3.05) is 17.1 Å². The Hall–Kier alpha value is -2.46. The summed E-state index contributed by atoms with van der Waals surface area (Å²) in [6.07, 6.45) is 1.14. The number of carbonyl (C=O) groups excluding carboxylic acids is 1. The minimum atomic E-state index is -0.365. The Kier molecular flexibility index (Phi) is 8.78. The Morgan fingerprint density at radius 2 is 2.09 bits per heavy atom. The molecule has 12 heteroatoms. The molecule has 0 spiro atoms. The average Bonchev–Trinajstić information content (AvgIpc) is 3.49. The van der Waals surface area contributed by atoms with Crippen molar-refractivity contribution in [3.63, 3.8) is 0 Å². The first-order valence-electron chi connectivity index (χ1n) is 10.8. The number of nitrogens with zero attached hydrogens (tertiary/aromatic N) is 4. The first kappa shape index (κ1) is 25.6. The van der Waals surface area contributed by atoms with Gasteiger partial charge in [0.2, 0.25) is 5.16 Å². The lowest BCUT2D eigenvalue weighted by Gasteiger charge is -2.13. The monoisotopic (exact) mass is 553 g/mol. The van der Waals surface area contributed by atoms with Gasteiger partial charge in [-0.15, -0.1) is 21.8 Å². The van der Waals surface area contributed by atoms with Gasteiger partial charge in [-0.1, -0.05) is 65.2 Å². The van der Waals surface area contributed by atoms with E-state index < -0.39 is 0 Å². The summed E-state index contributed by atoms with van der Waals surface area (Å²) in [6, 6.07) is 12.8. The minimum Gasteiger partial charge on any atom is -0.485 e. The van der Waals surface area contributed by atoms with Gasteiger partial charge in [0, 0.05) is 33.3 Å². The summed E-state index contributed by atoms with van der Waals surface area (Å²) in [5.74, 6) is 1.32. The van der Waals surface area contributed by atoms with Crippen molar-refractivity contribution >= 4 is 58.2 Å². The standard InChI is InChI=1S/C23H22Cl3N5O3S/c1-2-9-35-23-28-27-21(31(23)29-22(32)12-24)13-33-19-6-4-3-5-16(19)18-11-20(34-30-18)15-8-7-14(25)10-17(15)26/h3-8,10,20H,2,9,11-13H2,1H3,(H,29,32). The maximum absolute atomic E-state index is 11.9. The Morgan fingerprint density at radius 1 is 1.26 bits per heavy atom. The lowest BCUT2D eigenvalue weighted by molar-refractivity contribution is -0.114. The second kappa shape index (κ2) is 12.0. The van der Waals surface area contributed by atoms with Crippen molar-refractivity contribution in [2.45, 2.75) is 37.6 Å². The predicted molar refractivity (Wildman–Crippen MR) is 138 cm³/mol. The molecule has 0 aliphatic carbocycles.